The molecule has 2 N–H and O–H groups in total. The monoisotopic (exact) mass is 356 g/mol. The van der Waals surface area contributed by atoms with Gasteiger partial charge in [-0.25, -0.2) is 8.42 Å². The average Bonchev–Trinajstić information content (AvgIpc) is 2.55. The maximum atomic E-state index is 12.5. The topological polar surface area (TPSA) is 105 Å². The standard InChI is InChI=1S/C16H24N2O5S/c1-4-24(21,22)12-9-13(14(19)17-10-12)15(20)18-16(2,3)11-5-7-23-8-6-11/h9-11H,4-8H2,1-3H3,(H,17,19)(H,18,20). The Morgan fingerprint density at radius 2 is 2.00 bits per heavy atom. The molecule has 1 aliphatic rings. The van der Waals surface area contributed by atoms with E-state index in [0.717, 1.165) is 25.1 Å². The van der Waals surface area contributed by atoms with E-state index in [1.165, 1.54) is 6.92 Å². The molecule has 1 aromatic heterocycles. The van der Waals surface area contributed by atoms with Crippen molar-refractivity contribution in [3.63, 3.8) is 0 Å². The second-order valence-electron chi connectivity index (χ2n) is 6.54. The molecule has 24 heavy (non-hydrogen) atoms. The minimum atomic E-state index is -3.50. The normalized spacial score (nSPS) is 16.8. The van der Waals surface area contributed by atoms with E-state index >= 15 is 0 Å². The van der Waals surface area contributed by atoms with Crippen LogP contribution < -0.4 is 10.9 Å². The first-order valence-electron chi connectivity index (χ1n) is 8.03. The molecule has 0 spiro atoms. The summed E-state index contributed by atoms with van der Waals surface area (Å²) in [6.07, 6.45) is 2.78. The van der Waals surface area contributed by atoms with Crippen molar-refractivity contribution in [1.29, 1.82) is 0 Å². The Bertz CT molecular complexity index is 761. The van der Waals surface area contributed by atoms with Gasteiger partial charge in [-0.3, -0.25) is 9.59 Å². The Morgan fingerprint density at radius 1 is 1.38 bits per heavy atom. The summed E-state index contributed by atoms with van der Waals surface area (Å²) >= 11 is 0. The zero-order chi connectivity index (χ0) is 18.0. The summed E-state index contributed by atoms with van der Waals surface area (Å²) in [4.78, 5) is 26.8. The molecule has 8 heteroatoms. The number of carbonyl (C=O) groups excluding carboxylic acids is 1. The summed E-state index contributed by atoms with van der Waals surface area (Å²) in [5.74, 6) is -0.439. The third kappa shape index (κ3) is 4.05. The molecule has 2 heterocycles. The maximum absolute atomic E-state index is 12.5. The van der Waals surface area contributed by atoms with Gasteiger partial charge in [0, 0.05) is 24.9 Å². The van der Waals surface area contributed by atoms with Crippen LogP contribution in [0.25, 0.3) is 0 Å². The summed E-state index contributed by atoms with van der Waals surface area (Å²) in [5.41, 5.74) is -1.32. The molecule has 134 valence electrons. The van der Waals surface area contributed by atoms with E-state index in [9.17, 15) is 18.0 Å². The van der Waals surface area contributed by atoms with Gasteiger partial charge >= 0.3 is 0 Å². The van der Waals surface area contributed by atoms with Gasteiger partial charge in [0.15, 0.2) is 9.84 Å². The maximum Gasteiger partial charge on any atom is 0.260 e. The Balaban J connectivity index is 2.26. The number of aromatic amines is 1. The lowest BCUT2D eigenvalue weighted by atomic mass is 9.81. The number of ether oxygens (including phenoxy) is 1. The Morgan fingerprint density at radius 3 is 2.58 bits per heavy atom. The van der Waals surface area contributed by atoms with Crippen molar-refractivity contribution < 1.29 is 17.9 Å². The highest BCUT2D eigenvalue weighted by molar-refractivity contribution is 7.91. The van der Waals surface area contributed by atoms with Gasteiger partial charge < -0.3 is 15.0 Å². The first-order valence-corrected chi connectivity index (χ1v) is 9.68. The molecule has 1 saturated heterocycles. The molecule has 7 nitrogen and oxygen atoms in total. The Hall–Kier alpha value is -1.67. The number of rotatable bonds is 5. The van der Waals surface area contributed by atoms with E-state index in [0.29, 0.717) is 13.2 Å². The fraction of sp³-hybridized carbons (Fsp3) is 0.625. The average molecular weight is 356 g/mol. The molecule has 1 aromatic rings. The molecular formula is C16H24N2O5S. The lowest BCUT2D eigenvalue weighted by Gasteiger charge is -2.37. The van der Waals surface area contributed by atoms with Crippen molar-refractivity contribution >= 4 is 15.7 Å². The smallest absolute Gasteiger partial charge is 0.260 e. The first-order chi connectivity index (χ1) is 11.2. The molecule has 1 amide bonds. The van der Waals surface area contributed by atoms with Crippen LogP contribution in [0.15, 0.2) is 22.0 Å². The molecule has 1 aliphatic heterocycles. The van der Waals surface area contributed by atoms with E-state index in [2.05, 4.69) is 10.3 Å². The molecule has 0 unspecified atom stereocenters. The number of sulfone groups is 1. The van der Waals surface area contributed by atoms with Crippen LogP contribution in [-0.2, 0) is 14.6 Å². The van der Waals surface area contributed by atoms with Crippen LogP contribution in [0.3, 0.4) is 0 Å². The quantitative estimate of drug-likeness (QED) is 0.822. The summed E-state index contributed by atoms with van der Waals surface area (Å²) < 4.78 is 29.2. The Labute approximate surface area is 141 Å². The minimum absolute atomic E-state index is 0.0568. The number of hydrogen-bond donors (Lipinski definition) is 2. The summed E-state index contributed by atoms with van der Waals surface area (Å²) in [5, 5.41) is 2.87. The minimum Gasteiger partial charge on any atom is -0.381 e. The number of hydrogen-bond acceptors (Lipinski definition) is 5. The largest absolute Gasteiger partial charge is 0.381 e. The third-order valence-electron chi connectivity index (χ3n) is 4.54. The highest BCUT2D eigenvalue weighted by Crippen LogP contribution is 2.27. The van der Waals surface area contributed by atoms with Gasteiger partial charge in [-0.05, 0) is 38.7 Å². The van der Waals surface area contributed by atoms with Crippen molar-refractivity contribution in [2.24, 2.45) is 5.92 Å². The highest BCUT2D eigenvalue weighted by atomic mass is 32.2. The van der Waals surface area contributed by atoms with Crippen LogP contribution in [0.5, 0.6) is 0 Å². The molecule has 2 rings (SSSR count). The summed E-state index contributed by atoms with van der Waals surface area (Å²) in [6, 6.07) is 1.15. The van der Waals surface area contributed by atoms with Gasteiger partial charge in [-0.15, -0.1) is 0 Å². The lowest BCUT2D eigenvalue weighted by molar-refractivity contribution is 0.0355. The number of nitrogens with one attached hydrogen (secondary N) is 2. The number of pyridine rings is 1. The molecule has 0 saturated carbocycles. The molecule has 0 aromatic carbocycles. The molecule has 0 atom stereocenters. The first kappa shape index (κ1) is 18.7. The lowest BCUT2D eigenvalue weighted by Crippen LogP contribution is -2.51. The van der Waals surface area contributed by atoms with Crippen LogP contribution in [0.4, 0.5) is 0 Å². The summed E-state index contributed by atoms with van der Waals surface area (Å²) in [6.45, 7) is 6.61. The van der Waals surface area contributed by atoms with Gasteiger partial charge in [0.1, 0.15) is 5.56 Å². The van der Waals surface area contributed by atoms with Crippen molar-refractivity contribution in [2.75, 3.05) is 19.0 Å². The van der Waals surface area contributed by atoms with E-state index < -0.39 is 26.8 Å². The number of H-pyrrole nitrogens is 1. The number of aromatic nitrogens is 1. The predicted octanol–water partition coefficient (Wildman–Crippen LogP) is 1.10. The van der Waals surface area contributed by atoms with Gasteiger partial charge in [-0.2, -0.15) is 0 Å². The SMILES string of the molecule is CCS(=O)(=O)c1c[nH]c(=O)c(C(=O)NC(C)(C)C2CCOCC2)c1. The second-order valence-corrected chi connectivity index (χ2v) is 8.82. The Kier molecular flexibility index (Phi) is 5.49. The van der Waals surface area contributed by atoms with Crippen LogP contribution in [-0.4, -0.2) is 43.8 Å². The zero-order valence-electron chi connectivity index (χ0n) is 14.2. The van der Waals surface area contributed by atoms with Crippen LogP contribution in [0, 0.1) is 5.92 Å². The third-order valence-corrected chi connectivity index (χ3v) is 6.25. The van der Waals surface area contributed by atoms with Gasteiger partial charge in [0.25, 0.3) is 11.5 Å². The highest BCUT2D eigenvalue weighted by Gasteiger charge is 2.33. The number of amides is 1. The van der Waals surface area contributed by atoms with Crippen molar-refractivity contribution in [2.45, 2.75) is 44.0 Å². The number of carbonyl (C=O) groups is 1. The van der Waals surface area contributed by atoms with E-state index in [-0.39, 0.29) is 22.1 Å². The van der Waals surface area contributed by atoms with Crippen LogP contribution in [0.1, 0.15) is 44.0 Å². The second kappa shape index (κ2) is 7.06. The van der Waals surface area contributed by atoms with Gasteiger partial charge in [0.2, 0.25) is 0 Å². The molecule has 1 fully saturated rings. The van der Waals surface area contributed by atoms with Crippen molar-refractivity contribution in [3.05, 3.63) is 28.2 Å². The molecule has 0 aliphatic carbocycles. The molecule has 0 radical (unpaired) electrons. The summed E-state index contributed by atoms with van der Waals surface area (Å²) in [7, 11) is -3.50. The van der Waals surface area contributed by atoms with E-state index in [1.807, 2.05) is 13.8 Å². The predicted molar refractivity (Wildman–Crippen MR) is 89.9 cm³/mol. The molecular weight excluding hydrogens is 332 g/mol. The fourth-order valence-electron chi connectivity index (χ4n) is 2.86. The fourth-order valence-corrected chi connectivity index (χ4v) is 3.73. The molecule has 0 bridgehead atoms. The van der Waals surface area contributed by atoms with Gasteiger partial charge in [-0.1, -0.05) is 6.92 Å². The van der Waals surface area contributed by atoms with Crippen molar-refractivity contribution in [3.8, 4) is 0 Å². The van der Waals surface area contributed by atoms with E-state index in [4.69, 9.17) is 4.74 Å². The van der Waals surface area contributed by atoms with Gasteiger partial charge in [0.05, 0.1) is 10.6 Å². The van der Waals surface area contributed by atoms with Crippen LogP contribution >= 0.6 is 0 Å². The zero-order valence-corrected chi connectivity index (χ0v) is 15.0. The van der Waals surface area contributed by atoms with Crippen molar-refractivity contribution in [1.82, 2.24) is 10.3 Å². The van der Waals surface area contributed by atoms with E-state index in [1.54, 1.807) is 0 Å². The van der Waals surface area contributed by atoms with Crippen LogP contribution in [0.2, 0.25) is 0 Å².